The van der Waals surface area contributed by atoms with Crippen LogP contribution >= 0.6 is 12.2 Å². The Morgan fingerprint density at radius 2 is 1.92 bits per heavy atom. The molecule has 1 saturated carbocycles. The number of aromatic nitrogens is 2. The monoisotopic (exact) mass is 371 g/mol. The fourth-order valence-corrected chi connectivity index (χ4v) is 4.85. The van der Waals surface area contributed by atoms with Crippen molar-refractivity contribution in [1.82, 2.24) is 14.5 Å². The van der Waals surface area contributed by atoms with E-state index in [0.29, 0.717) is 33.2 Å². The fraction of sp³-hybridized carbons (Fsp3) is 0.550. The van der Waals surface area contributed by atoms with Gasteiger partial charge < -0.3 is 9.88 Å². The lowest BCUT2D eigenvalue weighted by molar-refractivity contribution is 0.0661. The zero-order valence-corrected chi connectivity index (χ0v) is 16.0. The number of H-pyrrole nitrogens is 1. The predicted molar refractivity (Wildman–Crippen MR) is 105 cm³/mol. The second-order valence-corrected chi connectivity index (χ2v) is 8.05. The van der Waals surface area contributed by atoms with Gasteiger partial charge in [0.05, 0.1) is 10.9 Å². The summed E-state index contributed by atoms with van der Waals surface area (Å²) in [5.41, 5.74) is 1.14. The highest BCUT2D eigenvalue weighted by atomic mass is 32.1. The summed E-state index contributed by atoms with van der Waals surface area (Å²) in [6.07, 6.45) is 8.61. The van der Waals surface area contributed by atoms with Gasteiger partial charge in [0.2, 0.25) is 0 Å². The number of likely N-dealkylation sites (tertiary alicyclic amines) is 1. The number of fused-ring (bicyclic) bond motifs is 1. The number of aromatic amines is 1. The van der Waals surface area contributed by atoms with Crippen molar-refractivity contribution < 1.29 is 4.79 Å². The minimum Gasteiger partial charge on any atom is -0.335 e. The standard InChI is InChI=1S/C20H25N3O2S/c1-22-19(25)15-10-9-14(12-16(15)21-20(22)26)18(24)23-11-5-8-17(23)13-6-3-2-4-7-13/h9-10,12-13,17H,2-8,11H2,1H3,(H,21,26). The number of rotatable bonds is 2. The molecule has 2 aromatic rings. The van der Waals surface area contributed by atoms with Crippen molar-refractivity contribution in [2.24, 2.45) is 13.0 Å². The highest BCUT2D eigenvalue weighted by Crippen LogP contribution is 2.35. The number of benzene rings is 1. The summed E-state index contributed by atoms with van der Waals surface area (Å²) in [6.45, 7) is 0.838. The Hall–Kier alpha value is -1.95. The molecule has 1 amide bonds. The van der Waals surface area contributed by atoms with Gasteiger partial charge in [0, 0.05) is 25.2 Å². The third kappa shape index (κ3) is 3.00. The zero-order chi connectivity index (χ0) is 18.3. The number of carbonyl (C=O) groups excluding carboxylic acids is 1. The summed E-state index contributed by atoms with van der Waals surface area (Å²) in [4.78, 5) is 30.7. The largest absolute Gasteiger partial charge is 0.335 e. The van der Waals surface area contributed by atoms with Crippen LogP contribution in [0.2, 0.25) is 0 Å². The molecule has 1 atom stereocenters. The van der Waals surface area contributed by atoms with Crippen molar-refractivity contribution in [3.8, 4) is 0 Å². The van der Waals surface area contributed by atoms with E-state index in [2.05, 4.69) is 9.88 Å². The Morgan fingerprint density at radius 1 is 1.15 bits per heavy atom. The van der Waals surface area contributed by atoms with Crippen molar-refractivity contribution in [3.63, 3.8) is 0 Å². The Labute approximate surface area is 158 Å². The number of amides is 1. The fourth-order valence-electron chi connectivity index (χ4n) is 4.66. The van der Waals surface area contributed by atoms with Gasteiger partial charge in [-0.05, 0) is 62.0 Å². The average Bonchev–Trinajstić information content (AvgIpc) is 3.15. The smallest absolute Gasteiger partial charge is 0.261 e. The second-order valence-electron chi connectivity index (χ2n) is 7.66. The van der Waals surface area contributed by atoms with Gasteiger partial charge in [-0.2, -0.15) is 0 Å². The van der Waals surface area contributed by atoms with E-state index in [-0.39, 0.29) is 11.5 Å². The van der Waals surface area contributed by atoms with E-state index in [9.17, 15) is 9.59 Å². The lowest BCUT2D eigenvalue weighted by atomic mass is 9.83. The molecular weight excluding hydrogens is 346 g/mol. The van der Waals surface area contributed by atoms with E-state index < -0.39 is 0 Å². The summed E-state index contributed by atoms with van der Waals surface area (Å²) in [6, 6.07) is 5.67. The van der Waals surface area contributed by atoms with E-state index in [1.807, 2.05) is 0 Å². The van der Waals surface area contributed by atoms with E-state index in [1.165, 1.54) is 36.7 Å². The third-order valence-corrected chi connectivity index (χ3v) is 6.48. The molecule has 1 aromatic heterocycles. The Kier molecular flexibility index (Phi) is 4.69. The topological polar surface area (TPSA) is 58.1 Å². The van der Waals surface area contributed by atoms with Gasteiger partial charge in [-0.3, -0.25) is 14.2 Å². The lowest BCUT2D eigenvalue weighted by Gasteiger charge is -2.34. The molecule has 1 unspecified atom stereocenters. The zero-order valence-electron chi connectivity index (χ0n) is 15.2. The molecule has 1 aromatic carbocycles. The molecular formula is C20H25N3O2S. The van der Waals surface area contributed by atoms with Crippen molar-refractivity contribution in [2.45, 2.75) is 51.0 Å². The highest BCUT2D eigenvalue weighted by molar-refractivity contribution is 7.71. The molecule has 0 bridgehead atoms. The van der Waals surface area contributed by atoms with Crippen LogP contribution in [0.15, 0.2) is 23.0 Å². The van der Waals surface area contributed by atoms with Gasteiger partial charge in [-0.1, -0.05) is 19.3 Å². The first-order chi connectivity index (χ1) is 12.6. The van der Waals surface area contributed by atoms with Crippen LogP contribution < -0.4 is 5.56 Å². The van der Waals surface area contributed by atoms with Gasteiger partial charge in [-0.25, -0.2) is 0 Å². The van der Waals surface area contributed by atoms with Crippen LogP contribution in [0.25, 0.3) is 10.9 Å². The molecule has 2 heterocycles. The van der Waals surface area contributed by atoms with Crippen molar-refractivity contribution in [2.75, 3.05) is 6.54 Å². The predicted octanol–water partition coefficient (Wildman–Crippen LogP) is 3.78. The van der Waals surface area contributed by atoms with Crippen molar-refractivity contribution >= 4 is 29.0 Å². The number of nitrogens with one attached hydrogen (secondary N) is 1. The molecule has 1 N–H and O–H groups in total. The molecule has 1 aliphatic heterocycles. The van der Waals surface area contributed by atoms with E-state index in [0.717, 1.165) is 19.4 Å². The first kappa shape index (κ1) is 17.5. The molecule has 2 fully saturated rings. The SMILES string of the molecule is Cn1c(=S)[nH]c2cc(C(=O)N3CCCC3C3CCCCC3)ccc2c1=O. The van der Waals surface area contributed by atoms with Crippen molar-refractivity contribution in [3.05, 3.63) is 38.9 Å². The van der Waals surface area contributed by atoms with Gasteiger partial charge in [0.15, 0.2) is 4.77 Å². The minimum atomic E-state index is -0.135. The maximum atomic E-state index is 13.2. The average molecular weight is 372 g/mol. The molecule has 6 heteroatoms. The summed E-state index contributed by atoms with van der Waals surface area (Å²) in [7, 11) is 1.65. The van der Waals surface area contributed by atoms with Gasteiger partial charge in [0.1, 0.15) is 0 Å². The normalized spacial score (nSPS) is 21.4. The Balaban J connectivity index is 1.66. The van der Waals surface area contributed by atoms with Crippen molar-refractivity contribution in [1.29, 1.82) is 0 Å². The summed E-state index contributed by atoms with van der Waals surface area (Å²) in [5, 5.41) is 0.558. The maximum Gasteiger partial charge on any atom is 0.261 e. The molecule has 0 spiro atoms. The van der Waals surface area contributed by atoms with Crippen LogP contribution in [0.3, 0.4) is 0 Å². The maximum absolute atomic E-state index is 13.2. The lowest BCUT2D eigenvalue weighted by Crippen LogP contribution is -2.40. The molecule has 1 aliphatic carbocycles. The summed E-state index contributed by atoms with van der Waals surface area (Å²) < 4.78 is 1.78. The third-order valence-electron chi connectivity index (χ3n) is 6.10. The second kappa shape index (κ2) is 6.99. The van der Waals surface area contributed by atoms with E-state index in [4.69, 9.17) is 12.2 Å². The molecule has 0 radical (unpaired) electrons. The first-order valence-electron chi connectivity index (χ1n) is 9.60. The summed E-state index contributed by atoms with van der Waals surface area (Å²) in [5.74, 6) is 0.730. The van der Waals surface area contributed by atoms with Crippen LogP contribution in [0, 0.1) is 10.7 Å². The van der Waals surface area contributed by atoms with Gasteiger partial charge in [-0.15, -0.1) is 0 Å². The Morgan fingerprint density at radius 3 is 2.69 bits per heavy atom. The number of nitrogens with zero attached hydrogens (tertiary/aromatic N) is 2. The quantitative estimate of drug-likeness (QED) is 0.818. The molecule has 5 nitrogen and oxygen atoms in total. The van der Waals surface area contributed by atoms with Gasteiger partial charge in [0.25, 0.3) is 11.5 Å². The molecule has 1 saturated heterocycles. The van der Waals surface area contributed by atoms with Gasteiger partial charge >= 0.3 is 0 Å². The van der Waals surface area contributed by atoms with Crippen LogP contribution in [0.5, 0.6) is 0 Å². The molecule has 2 aliphatic rings. The minimum absolute atomic E-state index is 0.0833. The highest BCUT2D eigenvalue weighted by Gasteiger charge is 2.35. The number of carbonyl (C=O) groups is 1. The summed E-state index contributed by atoms with van der Waals surface area (Å²) >= 11 is 5.20. The van der Waals surface area contributed by atoms with Crippen LogP contribution in [-0.4, -0.2) is 32.9 Å². The molecule has 138 valence electrons. The first-order valence-corrected chi connectivity index (χ1v) is 10.0. The van der Waals surface area contributed by atoms with Crippen LogP contribution in [0.1, 0.15) is 55.3 Å². The number of hydrogen-bond acceptors (Lipinski definition) is 3. The van der Waals surface area contributed by atoms with E-state index in [1.54, 1.807) is 25.2 Å². The van der Waals surface area contributed by atoms with E-state index >= 15 is 0 Å². The van der Waals surface area contributed by atoms with Crippen LogP contribution in [0.4, 0.5) is 0 Å². The molecule has 4 rings (SSSR count). The molecule has 26 heavy (non-hydrogen) atoms. The Bertz CT molecular complexity index is 956. The number of hydrogen-bond donors (Lipinski definition) is 1. The van der Waals surface area contributed by atoms with Crippen LogP contribution in [-0.2, 0) is 7.05 Å².